The molecule has 6 nitrogen and oxygen atoms in total. The van der Waals surface area contributed by atoms with Crippen LogP contribution in [0.4, 0.5) is 0 Å². The summed E-state index contributed by atoms with van der Waals surface area (Å²) >= 11 is 0. The maximum absolute atomic E-state index is 12.4. The summed E-state index contributed by atoms with van der Waals surface area (Å²) < 4.78 is 23.4. The zero-order chi connectivity index (χ0) is 17.6. The molecule has 0 radical (unpaired) electrons. The Balaban J connectivity index is 1.92. The van der Waals surface area contributed by atoms with Gasteiger partial charge in [-0.25, -0.2) is 0 Å². The highest BCUT2D eigenvalue weighted by atomic mass is 32.2. The van der Waals surface area contributed by atoms with Crippen molar-refractivity contribution in [2.75, 3.05) is 25.5 Å². The van der Waals surface area contributed by atoms with Gasteiger partial charge in [-0.1, -0.05) is 13.8 Å². The number of benzene rings is 1. The van der Waals surface area contributed by atoms with Crippen LogP contribution in [0.25, 0.3) is 0 Å². The second-order valence-electron chi connectivity index (χ2n) is 5.84. The minimum atomic E-state index is -1.26. The molecule has 1 heterocycles. The fraction of sp³-hybridized carbons (Fsp3) is 0.588. The second kappa shape index (κ2) is 8.48. The van der Waals surface area contributed by atoms with Gasteiger partial charge in [0.2, 0.25) is 5.91 Å². The van der Waals surface area contributed by atoms with Crippen LogP contribution in [0.2, 0.25) is 0 Å². The van der Waals surface area contributed by atoms with Crippen molar-refractivity contribution in [1.82, 2.24) is 5.32 Å². The number of hydrogen-bond acceptors (Lipinski definition) is 5. The molecule has 0 bridgehead atoms. The number of nitrogens with one attached hydrogen (secondary N) is 1. The number of fused-ring (bicyclic) bond motifs is 1. The molecule has 1 amide bonds. The van der Waals surface area contributed by atoms with Gasteiger partial charge in [-0.05, 0) is 25.0 Å². The van der Waals surface area contributed by atoms with Crippen molar-refractivity contribution in [3.8, 4) is 11.5 Å². The summed E-state index contributed by atoms with van der Waals surface area (Å²) in [5, 5.41) is 2.99. The van der Waals surface area contributed by atoms with Gasteiger partial charge in [-0.2, -0.15) is 0 Å². The molecule has 1 aromatic rings. The van der Waals surface area contributed by atoms with E-state index in [0.29, 0.717) is 36.2 Å². The number of amides is 1. The van der Waals surface area contributed by atoms with Crippen LogP contribution in [-0.2, 0) is 15.6 Å². The van der Waals surface area contributed by atoms with Crippen LogP contribution in [-0.4, -0.2) is 41.2 Å². The van der Waals surface area contributed by atoms with Crippen molar-refractivity contribution in [2.24, 2.45) is 5.73 Å². The summed E-state index contributed by atoms with van der Waals surface area (Å²) in [4.78, 5) is 12.8. The zero-order valence-electron chi connectivity index (χ0n) is 14.3. The minimum Gasteiger partial charge on any atom is -0.486 e. The van der Waals surface area contributed by atoms with Crippen molar-refractivity contribution in [3.05, 3.63) is 18.2 Å². The van der Waals surface area contributed by atoms with E-state index >= 15 is 0 Å². The van der Waals surface area contributed by atoms with Crippen molar-refractivity contribution >= 4 is 16.7 Å². The predicted molar refractivity (Wildman–Crippen MR) is 93.8 cm³/mol. The first-order valence-corrected chi connectivity index (χ1v) is 9.64. The molecule has 0 aromatic heterocycles. The molecule has 1 unspecified atom stereocenters. The average molecular weight is 354 g/mol. The van der Waals surface area contributed by atoms with Crippen LogP contribution in [0.1, 0.15) is 33.1 Å². The maximum atomic E-state index is 12.4. The molecular weight excluding hydrogens is 328 g/mol. The number of rotatable bonds is 8. The van der Waals surface area contributed by atoms with Gasteiger partial charge in [0.05, 0.1) is 16.3 Å². The summed E-state index contributed by atoms with van der Waals surface area (Å²) in [6, 6.07) is 5.24. The Morgan fingerprint density at radius 1 is 1.25 bits per heavy atom. The van der Waals surface area contributed by atoms with E-state index in [4.69, 9.17) is 15.2 Å². The lowest BCUT2D eigenvalue weighted by molar-refractivity contribution is -0.122. The summed E-state index contributed by atoms with van der Waals surface area (Å²) in [6.45, 7) is 5.42. The van der Waals surface area contributed by atoms with Crippen LogP contribution < -0.4 is 20.5 Å². The third-order valence-electron chi connectivity index (χ3n) is 4.44. The number of nitrogens with two attached hydrogens (primary N) is 1. The highest BCUT2D eigenvalue weighted by Crippen LogP contribution is 2.31. The van der Waals surface area contributed by atoms with Crippen molar-refractivity contribution in [1.29, 1.82) is 0 Å². The Hall–Kier alpha value is -1.60. The van der Waals surface area contributed by atoms with Gasteiger partial charge in [0.15, 0.2) is 11.5 Å². The molecule has 1 aliphatic rings. The maximum Gasteiger partial charge on any atom is 0.221 e. The summed E-state index contributed by atoms with van der Waals surface area (Å²) in [5.41, 5.74) is 5.42. The predicted octanol–water partition coefficient (Wildman–Crippen LogP) is 1.59. The summed E-state index contributed by atoms with van der Waals surface area (Å²) in [5.74, 6) is 1.42. The Morgan fingerprint density at radius 3 is 2.54 bits per heavy atom. The summed E-state index contributed by atoms with van der Waals surface area (Å²) in [7, 11) is -1.26. The molecule has 1 aliphatic heterocycles. The molecule has 3 N–H and O–H groups in total. The molecular formula is C17H26N2O4S. The van der Waals surface area contributed by atoms with Crippen LogP contribution in [0.5, 0.6) is 11.5 Å². The van der Waals surface area contributed by atoms with E-state index in [1.54, 1.807) is 18.2 Å². The molecule has 1 atom stereocenters. The quantitative estimate of drug-likeness (QED) is 0.740. The molecule has 0 saturated heterocycles. The molecule has 24 heavy (non-hydrogen) atoms. The molecule has 134 valence electrons. The first kappa shape index (κ1) is 18.7. The molecule has 0 aliphatic carbocycles. The molecule has 1 aromatic carbocycles. The van der Waals surface area contributed by atoms with Crippen molar-refractivity contribution < 1.29 is 18.5 Å². The first-order chi connectivity index (χ1) is 11.5. The fourth-order valence-corrected chi connectivity index (χ4v) is 3.66. The Morgan fingerprint density at radius 2 is 1.92 bits per heavy atom. The number of carbonyl (C=O) groups excluding carboxylic acids is 1. The lowest BCUT2D eigenvalue weighted by Crippen LogP contribution is -2.53. The third-order valence-corrected chi connectivity index (χ3v) is 5.79. The normalized spacial score (nSPS) is 15.0. The largest absolute Gasteiger partial charge is 0.486 e. The van der Waals surface area contributed by atoms with E-state index in [1.165, 1.54) is 0 Å². The van der Waals surface area contributed by atoms with Gasteiger partial charge >= 0.3 is 0 Å². The number of carbonyl (C=O) groups is 1. The van der Waals surface area contributed by atoms with Gasteiger partial charge in [0.25, 0.3) is 0 Å². The van der Waals surface area contributed by atoms with Crippen molar-refractivity contribution in [2.45, 2.75) is 43.5 Å². The number of ether oxygens (including phenoxy) is 2. The molecule has 2 rings (SSSR count). The van der Waals surface area contributed by atoms with Crippen LogP contribution >= 0.6 is 0 Å². The summed E-state index contributed by atoms with van der Waals surface area (Å²) in [6.07, 6.45) is 1.75. The SMILES string of the molecule is CCC(CC)(CN)NC(=O)CCS(=O)c1ccc2c(c1)OCCO2. The van der Waals surface area contributed by atoms with E-state index in [9.17, 15) is 9.00 Å². The van der Waals surface area contributed by atoms with Gasteiger partial charge in [0, 0.05) is 29.7 Å². The van der Waals surface area contributed by atoms with E-state index in [1.807, 2.05) is 13.8 Å². The van der Waals surface area contributed by atoms with Crippen LogP contribution in [0.3, 0.4) is 0 Å². The average Bonchev–Trinajstić information content (AvgIpc) is 2.64. The number of hydrogen-bond donors (Lipinski definition) is 2. The molecule has 0 spiro atoms. The monoisotopic (exact) mass is 354 g/mol. The second-order valence-corrected chi connectivity index (χ2v) is 7.42. The van der Waals surface area contributed by atoms with Gasteiger partial charge in [-0.3, -0.25) is 9.00 Å². The van der Waals surface area contributed by atoms with Gasteiger partial charge in [-0.15, -0.1) is 0 Å². The van der Waals surface area contributed by atoms with Gasteiger partial charge in [0.1, 0.15) is 13.2 Å². The van der Waals surface area contributed by atoms with E-state index in [2.05, 4.69) is 5.32 Å². The van der Waals surface area contributed by atoms with E-state index < -0.39 is 10.8 Å². The smallest absolute Gasteiger partial charge is 0.221 e. The Labute approximate surface area is 145 Å². The highest BCUT2D eigenvalue weighted by Gasteiger charge is 2.26. The van der Waals surface area contributed by atoms with E-state index in [-0.39, 0.29) is 23.6 Å². The minimum absolute atomic E-state index is 0.116. The highest BCUT2D eigenvalue weighted by molar-refractivity contribution is 7.85. The topological polar surface area (TPSA) is 90.7 Å². The van der Waals surface area contributed by atoms with E-state index in [0.717, 1.165) is 12.8 Å². The van der Waals surface area contributed by atoms with Crippen LogP contribution in [0, 0.1) is 0 Å². The molecule has 0 saturated carbocycles. The third kappa shape index (κ3) is 4.48. The Bertz CT molecular complexity index is 594. The van der Waals surface area contributed by atoms with Gasteiger partial charge < -0.3 is 20.5 Å². The standard InChI is InChI=1S/C17H26N2O4S/c1-3-17(4-2,12-18)19-16(20)7-10-24(21)13-5-6-14-15(11-13)23-9-8-22-14/h5-6,11H,3-4,7-10,12,18H2,1-2H3,(H,19,20). The van der Waals surface area contributed by atoms with Crippen molar-refractivity contribution in [3.63, 3.8) is 0 Å². The fourth-order valence-electron chi connectivity index (χ4n) is 2.59. The first-order valence-electron chi connectivity index (χ1n) is 8.32. The Kier molecular flexibility index (Phi) is 6.62. The molecule has 0 fully saturated rings. The van der Waals surface area contributed by atoms with Crippen LogP contribution in [0.15, 0.2) is 23.1 Å². The molecule has 7 heteroatoms. The lowest BCUT2D eigenvalue weighted by atomic mass is 9.93. The lowest BCUT2D eigenvalue weighted by Gasteiger charge is -2.31. The zero-order valence-corrected chi connectivity index (χ0v) is 15.1.